The summed E-state index contributed by atoms with van der Waals surface area (Å²) in [5.41, 5.74) is 13.3. The number of ether oxygens (including phenoxy) is 4. The van der Waals surface area contributed by atoms with Gasteiger partial charge in [-0.25, -0.2) is 19.9 Å². The van der Waals surface area contributed by atoms with Crippen molar-refractivity contribution < 1.29 is 50.9 Å². The van der Waals surface area contributed by atoms with E-state index in [1.54, 1.807) is 58.2 Å². The first-order valence-corrected chi connectivity index (χ1v) is 25.9. The van der Waals surface area contributed by atoms with Crippen molar-refractivity contribution in [3.8, 4) is 34.0 Å². The molecule has 8 aromatic rings. The molecule has 6 heterocycles. The zero-order valence-corrected chi connectivity index (χ0v) is 45.3. The Kier molecular flexibility index (Phi) is 18.0. The van der Waals surface area contributed by atoms with Crippen LogP contribution in [0.15, 0.2) is 122 Å². The van der Waals surface area contributed by atoms with Gasteiger partial charge in [0.15, 0.2) is 11.5 Å². The van der Waals surface area contributed by atoms with Crippen molar-refractivity contribution in [3.63, 3.8) is 0 Å². The Morgan fingerprint density at radius 1 is 0.695 bits per heavy atom. The summed E-state index contributed by atoms with van der Waals surface area (Å²) in [6.45, 7) is 0.864. The molecule has 2 aliphatic heterocycles. The van der Waals surface area contributed by atoms with Crippen LogP contribution in [0.2, 0.25) is 0 Å². The number of alkyl halides is 4. The van der Waals surface area contributed by atoms with Crippen LogP contribution >= 0.6 is 0 Å². The van der Waals surface area contributed by atoms with E-state index in [0.717, 1.165) is 39.0 Å². The van der Waals surface area contributed by atoms with Crippen LogP contribution in [0.1, 0.15) is 0 Å². The minimum Gasteiger partial charge on any atom is -0.433 e. The third kappa shape index (κ3) is 13.6. The molecule has 10 rings (SSSR count). The molecule has 0 atom stereocenters. The van der Waals surface area contributed by atoms with Crippen LogP contribution in [-0.4, -0.2) is 150 Å². The number of fused-ring (bicyclic) bond motifs is 2. The zero-order chi connectivity index (χ0) is 58.0. The summed E-state index contributed by atoms with van der Waals surface area (Å²) < 4.78 is 77.9. The first-order valence-electron chi connectivity index (χ1n) is 25.9. The number of nitrogens with two attached hydrogens (primary N) is 1. The fourth-order valence-electron chi connectivity index (χ4n) is 9.49. The Labute approximate surface area is 468 Å². The van der Waals surface area contributed by atoms with E-state index in [0.29, 0.717) is 86.6 Å². The highest BCUT2D eigenvalue weighted by atomic mass is 19.3. The lowest BCUT2D eigenvalue weighted by molar-refractivity contribution is -0.143. The number of halogens is 4. The average Bonchev–Trinajstić information content (AvgIpc) is 4.08. The molecule has 25 heteroatoms. The summed E-state index contributed by atoms with van der Waals surface area (Å²) in [5, 5.41) is 10.7. The normalized spacial score (nSPS) is 13.5. The fraction of sp³-hybridized carbons (Fsp3) is 0.281. The van der Waals surface area contributed by atoms with Crippen molar-refractivity contribution in [2.45, 2.75) is 13.2 Å². The van der Waals surface area contributed by atoms with Gasteiger partial charge in [0.25, 0.3) is 0 Å². The number of nitrogens with one attached hydrogen (secondary N) is 3. The molecular weight excluding hydrogens is 1070 g/mol. The quantitative estimate of drug-likeness (QED) is 0.0320. The summed E-state index contributed by atoms with van der Waals surface area (Å²) in [4.78, 5) is 61.2. The summed E-state index contributed by atoms with van der Waals surface area (Å²) in [5.74, 6) is -0.678. The van der Waals surface area contributed by atoms with Crippen molar-refractivity contribution in [3.05, 3.63) is 122 Å². The Bertz CT molecular complexity index is 3620. The van der Waals surface area contributed by atoms with Crippen LogP contribution < -0.4 is 41.0 Å². The van der Waals surface area contributed by atoms with Gasteiger partial charge in [-0.05, 0) is 42.5 Å². The molecule has 4 aromatic heterocycles. The van der Waals surface area contributed by atoms with E-state index in [1.807, 2.05) is 84.2 Å². The minimum absolute atomic E-state index is 0.0147. The second-order valence-electron chi connectivity index (χ2n) is 19.1. The number of nitrogens with zero attached hydrogens (tertiary/aromatic N) is 10. The average molecular weight is 1130 g/mol. The number of nitrogen functional groups attached to an aromatic ring is 1. The van der Waals surface area contributed by atoms with Crippen LogP contribution in [0.4, 0.5) is 63.6 Å². The van der Waals surface area contributed by atoms with Crippen LogP contribution in [-0.2, 0) is 38.0 Å². The maximum Gasteiger partial charge on any atom is 0.387 e. The molecule has 0 bridgehead atoms. The molecule has 3 amide bonds. The van der Waals surface area contributed by atoms with Crippen molar-refractivity contribution in [2.75, 3.05) is 111 Å². The number of rotatable bonds is 20. The number of amides is 3. The second-order valence-corrected chi connectivity index (χ2v) is 19.1. The maximum absolute atomic E-state index is 13.6. The number of carbonyl (C=O) groups excluding carboxylic acids is 3. The topological polar surface area (TPSA) is 225 Å². The number of hydrogen-bond acceptors (Lipinski definition) is 16. The standard InChI is InChI=1S/C30H31F2N7O4.C27H29F2N7O3/c1-4-27(40)34-22-15-23(26(43-29(31)32)16-25(22)37(2)11-12-39-13-14-42-18-28(39)41)36-30-33-10-9-21(35-30)20-17-38(3)24-8-6-5-7-19(20)24;1-34(9-10-36-11-12-38-16-25(36)37)23-14-24(39-26(28)29)21(13-19(23)30)33-27-31-8-7-20(32-27)18-15-35(2)22-6-4-3-5-17(18)22/h4-10,15-17,29H,1,11-14,18H2,2-3H3,(H,34,40)(H,33,35,36);3-8,13-15,26H,9-12,16,30H2,1-2H3,(H,31,32,33). The van der Waals surface area contributed by atoms with Gasteiger partial charge in [-0.3, -0.25) is 14.4 Å². The lowest BCUT2D eigenvalue weighted by Crippen LogP contribution is -2.45. The fourth-order valence-corrected chi connectivity index (χ4v) is 9.49. The lowest BCUT2D eigenvalue weighted by Gasteiger charge is -2.30. The molecule has 0 saturated carbocycles. The van der Waals surface area contributed by atoms with Gasteiger partial charge in [0.05, 0.1) is 58.7 Å². The van der Waals surface area contributed by atoms with Crippen LogP contribution in [0.25, 0.3) is 44.3 Å². The number of benzene rings is 4. The number of carbonyl (C=O) groups is 3. The van der Waals surface area contributed by atoms with E-state index >= 15 is 0 Å². The highest BCUT2D eigenvalue weighted by Crippen LogP contribution is 2.41. The largest absolute Gasteiger partial charge is 0.433 e. The van der Waals surface area contributed by atoms with Gasteiger partial charge in [0, 0.05) is 137 Å². The number of likely N-dealkylation sites (N-methyl/N-ethyl adjacent to an activating group) is 2. The van der Waals surface area contributed by atoms with Crippen molar-refractivity contribution in [1.82, 2.24) is 38.9 Å². The van der Waals surface area contributed by atoms with Crippen LogP contribution in [0.3, 0.4) is 0 Å². The number of hydrogen-bond donors (Lipinski definition) is 4. The SMILES string of the molecule is C=CC(=O)Nc1cc(Nc2nccc(-c3cn(C)c4ccccc34)n2)c(OC(F)F)cc1N(C)CCN1CCOCC1=O.CN(CCN1CCOCC1=O)c1cc(OC(F)F)c(Nc2nccc(-c3cn(C)c4ccccc34)n2)cc1N. The molecule has 2 saturated heterocycles. The van der Waals surface area contributed by atoms with Crippen LogP contribution in [0, 0.1) is 0 Å². The monoisotopic (exact) mass is 1130 g/mol. The molecule has 0 spiro atoms. The molecule has 2 aliphatic rings. The Morgan fingerprint density at radius 2 is 1.16 bits per heavy atom. The smallest absolute Gasteiger partial charge is 0.387 e. The number of morpholine rings is 2. The Balaban J connectivity index is 0.000000198. The van der Waals surface area contributed by atoms with Crippen molar-refractivity contribution in [2.24, 2.45) is 14.1 Å². The summed E-state index contributed by atoms with van der Waals surface area (Å²) in [7, 11) is 7.39. The first kappa shape index (κ1) is 57.2. The van der Waals surface area contributed by atoms with Crippen molar-refractivity contribution in [1.29, 1.82) is 0 Å². The van der Waals surface area contributed by atoms with Gasteiger partial charge in [-0.1, -0.05) is 43.0 Å². The Hall–Kier alpha value is -9.49. The molecule has 2 fully saturated rings. The predicted octanol–water partition coefficient (Wildman–Crippen LogP) is 8.26. The minimum atomic E-state index is -3.12. The van der Waals surface area contributed by atoms with Crippen LogP contribution in [0.5, 0.6) is 11.5 Å². The zero-order valence-electron chi connectivity index (χ0n) is 45.3. The molecule has 0 unspecified atom stereocenters. The van der Waals surface area contributed by atoms with E-state index in [-0.39, 0.29) is 59.8 Å². The number of anilines is 8. The van der Waals surface area contributed by atoms with E-state index in [4.69, 9.17) is 24.7 Å². The van der Waals surface area contributed by atoms with E-state index < -0.39 is 19.1 Å². The predicted molar refractivity (Wildman–Crippen MR) is 305 cm³/mol. The molecule has 428 valence electrons. The number of para-hydroxylation sites is 2. The third-order valence-corrected chi connectivity index (χ3v) is 13.7. The van der Waals surface area contributed by atoms with E-state index in [2.05, 4.69) is 42.5 Å². The first-order chi connectivity index (χ1) is 39.5. The molecule has 0 radical (unpaired) electrons. The lowest BCUT2D eigenvalue weighted by atomic mass is 10.1. The van der Waals surface area contributed by atoms with Gasteiger partial charge in [0.2, 0.25) is 29.6 Å². The van der Waals surface area contributed by atoms with Gasteiger partial charge < -0.3 is 69.4 Å². The second kappa shape index (κ2) is 25.7. The summed E-state index contributed by atoms with van der Waals surface area (Å²) in [6.07, 6.45) is 8.20. The van der Waals surface area contributed by atoms with Gasteiger partial charge >= 0.3 is 13.2 Å². The molecule has 5 N–H and O–H groups in total. The van der Waals surface area contributed by atoms with E-state index in [9.17, 15) is 31.9 Å². The number of aromatic nitrogens is 6. The molecule has 0 aliphatic carbocycles. The highest BCUT2D eigenvalue weighted by Gasteiger charge is 2.24. The molecule has 21 nitrogen and oxygen atoms in total. The van der Waals surface area contributed by atoms with Gasteiger partial charge in [-0.2, -0.15) is 17.6 Å². The molecule has 82 heavy (non-hydrogen) atoms. The third-order valence-electron chi connectivity index (χ3n) is 13.7. The maximum atomic E-state index is 13.6. The highest BCUT2D eigenvalue weighted by molar-refractivity contribution is 6.02. The summed E-state index contributed by atoms with van der Waals surface area (Å²) in [6, 6.07) is 25.2. The van der Waals surface area contributed by atoms with Gasteiger partial charge in [0.1, 0.15) is 13.2 Å². The number of aryl methyl sites for hydroxylation is 2. The van der Waals surface area contributed by atoms with Crippen molar-refractivity contribution >= 4 is 85.5 Å². The van der Waals surface area contributed by atoms with Gasteiger partial charge in [-0.15, -0.1) is 0 Å². The summed E-state index contributed by atoms with van der Waals surface area (Å²) >= 11 is 0. The molecule has 4 aromatic carbocycles. The van der Waals surface area contributed by atoms with E-state index in [1.165, 1.54) is 24.3 Å². The Morgan fingerprint density at radius 3 is 1.63 bits per heavy atom. The molecular formula is C57H60F4N14O7.